The standard InChI is InChI=1S/C23H35N5O/c1-19-4-3-5-21(16-19)28-12-9-24-23(28)18-26-13-14-27(22(17-26)8-15-29)20-6-10-25(2)11-7-20/h3-5,9,12,16,20,22,29H,6-8,10-11,13-15,17-18H2,1-2H3/t22-/m0/s1. The average Bonchev–Trinajstić information content (AvgIpc) is 3.17. The monoisotopic (exact) mass is 397 g/mol. The Kier molecular flexibility index (Phi) is 6.65. The van der Waals surface area contributed by atoms with E-state index in [1.54, 1.807) is 0 Å². The maximum atomic E-state index is 9.67. The summed E-state index contributed by atoms with van der Waals surface area (Å²) in [6, 6.07) is 9.68. The first-order chi connectivity index (χ1) is 14.1. The number of piperidine rings is 1. The third-order valence-electron chi connectivity index (χ3n) is 6.59. The summed E-state index contributed by atoms with van der Waals surface area (Å²) in [7, 11) is 2.22. The molecule has 1 N–H and O–H groups in total. The number of aliphatic hydroxyl groups excluding tert-OH is 1. The van der Waals surface area contributed by atoms with Crippen LogP contribution in [0.3, 0.4) is 0 Å². The number of likely N-dealkylation sites (tertiary alicyclic amines) is 1. The van der Waals surface area contributed by atoms with Crippen molar-refractivity contribution in [3.63, 3.8) is 0 Å². The smallest absolute Gasteiger partial charge is 0.127 e. The molecular weight excluding hydrogens is 362 g/mol. The number of rotatable bonds is 6. The third-order valence-corrected chi connectivity index (χ3v) is 6.59. The number of piperazine rings is 1. The van der Waals surface area contributed by atoms with Gasteiger partial charge in [-0.15, -0.1) is 0 Å². The van der Waals surface area contributed by atoms with Crippen LogP contribution in [-0.2, 0) is 6.54 Å². The summed E-state index contributed by atoms with van der Waals surface area (Å²) < 4.78 is 2.21. The van der Waals surface area contributed by atoms with Crippen LogP contribution in [0.4, 0.5) is 0 Å². The van der Waals surface area contributed by atoms with Gasteiger partial charge in [0, 0.05) is 56.4 Å². The van der Waals surface area contributed by atoms with Crippen LogP contribution in [0.5, 0.6) is 0 Å². The summed E-state index contributed by atoms with van der Waals surface area (Å²) in [4.78, 5) is 12.3. The fourth-order valence-electron chi connectivity index (χ4n) is 4.95. The van der Waals surface area contributed by atoms with Gasteiger partial charge in [-0.3, -0.25) is 9.80 Å². The second-order valence-electron chi connectivity index (χ2n) is 8.73. The Hall–Kier alpha value is -1.73. The SMILES string of the molecule is Cc1cccc(-n2ccnc2CN2CCN(C3CCN(C)CC3)[C@@H](CCO)C2)c1. The van der Waals surface area contributed by atoms with Gasteiger partial charge in [-0.2, -0.15) is 0 Å². The highest BCUT2D eigenvalue weighted by Crippen LogP contribution is 2.24. The molecule has 1 aromatic carbocycles. The van der Waals surface area contributed by atoms with Gasteiger partial charge in [-0.25, -0.2) is 4.98 Å². The summed E-state index contributed by atoms with van der Waals surface area (Å²) in [6.07, 6.45) is 7.31. The molecule has 29 heavy (non-hydrogen) atoms. The highest BCUT2D eigenvalue weighted by molar-refractivity contribution is 5.36. The van der Waals surface area contributed by atoms with Crippen molar-refractivity contribution in [1.29, 1.82) is 0 Å². The van der Waals surface area contributed by atoms with Crippen molar-refractivity contribution in [3.8, 4) is 5.69 Å². The predicted molar refractivity (Wildman–Crippen MR) is 116 cm³/mol. The first kappa shape index (κ1) is 20.5. The Balaban J connectivity index is 1.43. The van der Waals surface area contributed by atoms with E-state index >= 15 is 0 Å². The van der Waals surface area contributed by atoms with Gasteiger partial charge < -0.3 is 14.6 Å². The number of nitrogens with zero attached hydrogens (tertiary/aromatic N) is 5. The van der Waals surface area contributed by atoms with Crippen LogP contribution in [0, 0.1) is 6.92 Å². The van der Waals surface area contributed by atoms with E-state index in [1.807, 2.05) is 6.20 Å². The molecule has 0 spiro atoms. The summed E-state index contributed by atoms with van der Waals surface area (Å²) in [5.74, 6) is 1.09. The Labute approximate surface area is 174 Å². The van der Waals surface area contributed by atoms with Gasteiger partial charge in [0.15, 0.2) is 0 Å². The van der Waals surface area contributed by atoms with Crippen LogP contribution in [0.25, 0.3) is 5.69 Å². The molecule has 2 saturated heterocycles. The van der Waals surface area contributed by atoms with Crippen molar-refractivity contribution in [2.75, 3.05) is 46.4 Å². The van der Waals surface area contributed by atoms with Crippen LogP contribution in [0.2, 0.25) is 0 Å². The van der Waals surface area contributed by atoms with Crippen molar-refractivity contribution in [2.45, 2.75) is 44.8 Å². The summed E-state index contributed by atoms with van der Waals surface area (Å²) in [5.41, 5.74) is 2.44. The molecule has 0 saturated carbocycles. The van der Waals surface area contributed by atoms with E-state index in [1.165, 1.54) is 37.2 Å². The molecule has 1 aromatic heterocycles. The van der Waals surface area contributed by atoms with Crippen LogP contribution in [0.15, 0.2) is 36.7 Å². The topological polar surface area (TPSA) is 47.8 Å². The largest absolute Gasteiger partial charge is 0.396 e. The van der Waals surface area contributed by atoms with E-state index < -0.39 is 0 Å². The minimum absolute atomic E-state index is 0.263. The normalized spacial score (nSPS) is 22.9. The number of hydrogen-bond acceptors (Lipinski definition) is 5. The van der Waals surface area contributed by atoms with Crippen LogP contribution >= 0.6 is 0 Å². The summed E-state index contributed by atoms with van der Waals surface area (Å²) in [6.45, 7) is 8.77. The lowest BCUT2D eigenvalue weighted by Gasteiger charge is -2.47. The molecule has 2 fully saturated rings. The Morgan fingerprint density at radius 1 is 1.14 bits per heavy atom. The van der Waals surface area contributed by atoms with Crippen molar-refractivity contribution in [2.24, 2.45) is 0 Å². The lowest BCUT2D eigenvalue weighted by Crippen LogP contribution is -2.58. The van der Waals surface area contributed by atoms with E-state index in [0.717, 1.165) is 38.4 Å². The fourth-order valence-corrected chi connectivity index (χ4v) is 4.95. The van der Waals surface area contributed by atoms with E-state index in [0.29, 0.717) is 12.1 Å². The predicted octanol–water partition coefficient (Wildman–Crippen LogP) is 2.14. The molecule has 3 heterocycles. The van der Waals surface area contributed by atoms with Crippen molar-refractivity contribution < 1.29 is 5.11 Å². The van der Waals surface area contributed by atoms with Gasteiger partial charge in [0.1, 0.15) is 5.82 Å². The maximum Gasteiger partial charge on any atom is 0.127 e. The molecule has 4 rings (SSSR count). The number of aromatic nitrogens is 2. The van der Waals surface area contributed by atoms with Gasteiger partial charge in [0.05, 0.1) is 6.54 Å². The lowest BCUT2D eigenvalue weighted by molar-refractivity contribution is 0.00516. The van der Waals surface area contributed by atoms with Crippen LogP contribution < -0.4 is 0 Å². The zero-order valence-electron chi connectivity index (χ0n) is 17.9. The first-order valence-electron chi connectivity index (χ1n) is 11.0. The van der Waals surface area contributed by atoms with Gasteiger partial charge in [0.25, 0.3) is 0 Å². The number of aryl methyl sites for hydroxylation is 1. The minimum atomic E-state index is 0.263. The highest BCUT2D eigenvalue weighted by atomic mass is 16.3. The lowest BCUT2D eigenvalue weighted by atomic mass is 9.98. The van der Waals surface area contributed by atoms with Gasteiger partial charge in [-0.1, -0.05) is 12.1 Å². The molecular formula is C23H35N5O. The Bertz CT molecular complexity index is 783. The zero-order chi connectivity index (χ0) is 20.2. The molecule has 158 valence electrons. The second kappa shape index (κ2) is 9.39. The van der Waals surface area contributed by atoms with E-state index in [9.17, 15) is 5.11 Å². The van der Waals surface area contributed by atoms with Crippen LogP contribution in [-0.4, -0.2) is 87.8 Å². The van der Waals surface area contributed by atoms with Crippen molar-refractivity contribution >= 4 is 0 Å². The molecule has 2 aliphatic rings. The minimum Gasteiger partial charge on any atom is -0.396 e. The summed E-state index contributed by atoms with van der Waals surface area (Å²) >= 11 is 0. The summed E-state index contributed by atoms with van der Waals surface area (Å²) in [5, 5.41) is 9.67. The zero-order valence-corrected chi connectivity index (χ0v) is 17.9. The van der Waals surface area contributed by atoms with E-state index in [-0.39, 0.29) is 6.61 Å². The van der Waals surface area contributed by atoms with Gasteiger partial charge in [-0.05, 0) is 64.0 Å². The maximum absolute atomic E-state index is 9.67. The molecule has 0 amide bonds. The number of imidazole rings is 1. The van der Waals surface area contributed by atoms with Crippen molar-refractivity contribution in [3.05, 3.63) is 48.0 Å². The molecule has 0 aliphatic carbocycles. The first-order valence-corrected chi connectivity index (χ1v) is 11.0. The van der Waals surface area contributed by atoms with E-state index in [2.05, 4.69) is 68.7 Å². The number of benzene rings is 1. The molecule has 2 aromatic rings. The highest BCUT2D eigenvalue weighted by Gasteiger charge is 2.33. The quantitative estimate of drug-likeness (QED) is 0.809. The number of hydrogen-bond donors (Lipinski definition) is 1. The van der Waals surface area contributed by atoms with Gasteiger partial charge in [0.2, 0.25) is 0 Å². The molecule has 1 atom stereocenters. The number of aliphatic hydroxyl groups is 1. The molecule has 0 unspecified atom stereocenters. The van der Waals surface area contributed by atoms with Crippen LogP contribution in [0.1, 0.15) is 30.7 Å². The fraction of sp³-hybridized carbons (Fsp3) is 0.609. The molecule has 6 heteroatoms. The Morgan fingerprint density at radius 3 is 2.72 bits per heavy atom. The molecule has 0 radical (unpaired) electrons. The second-order valence-corrected chi connectivity index (χ2v) is 8.73. The van der Waals surface area contributed by atoms with Gasteiger partial charge >= 0.3 is 0 Å². The molecule has 0 bridgehead atoms. The Morgan fingerprint density at radius 2 is 1.97 bits per heavy atom. The molecule has 2 aliphatic heterocycles. The average molecular weight is 398 g/mol. The molecule has 6 nitrogen and oxygen atoms in total. The third kappa shape index (κ3) is 4.89. The van der Waals surface area contributed by atoms with E-state index in [4.69, 9.17) is 0 Å². The van der Waals surface area contributed by atoms with Crippen molar-refractivity contribution in [1.82, 2.24) is 24.3 Å².